The van der Waals surface area contributed by atoms with Gasteiger partial charge in [0.05, 0.1) is 9.32 Å². The number of carbonyl (C=O) groups excluding carboxylic acids is 1. The normalized spacial score (nSPS) is 20.1. The van der Waals surface area contributed by atoms with Crippen LogP contribution in [0.5, 0.6) is 0 Å². The lowest BCUT2D eigenvalue weighted by molar-refractivity contribution is -0.117. The minimum atomic E-state index is -3.56. The second kappa shape index (κ2) is 5.62. The van der Waals surface area contributed by atoms with E-state index in [1.807, 2.05) is 6.07 Å². The van der Waals surface area contributed by atoms with Gasteiger partial charge in [-0.25, -0.2) is 18.5 Å². The Morgan fingerprint density at radius 1 is 1.58 bits per heavy atom. The first-order valence-electron chi connectivity index (χ1n) is 5.38. The monoisotopic (exact) mass is 459 g/mol. The number of carbonyl (C=O) groups is 1. The molecule has 1 aromatic rings. The molecule has 1 atom stereocenters. The summed E-state index contributed by atoms with van der Waals surface area (Å²) in [6.07, 6.45) is 1.79. The molecule has 104 valence electrons. The average molecular weight is 460 g/mol. The van der Waals surface area contributed by atoms with Crippen LogP contribution < -0.4 is 10.0 Å². The highest BCUT2D eigenvalue weighted by Crippen LogP contribution is 2.29. The number of halogens is 2. The SMILES string of the molecule is NS(=O)(=O)CC1CC(=O)N(c2ncc(Br)cc2I)C1. The Morgan fingerprint density at radius 3 is 2.84 bits per heavy atom. The molecule has 0 radical (unpaired) electrons. The lowest BCUT2D eigenvalue weighted by Crippen LogP contribution is -2.28. The Kier molecular flexibility index (Phi) is 4.48. The van der Waals surface area contributed by atoms with Crippen LogP contribution in [-0.4, -0.2) is 31.6 Å². The summed E-state index contributed by atoms with van der Waals surface area (Å²) in [5.74, 6) is -0.0154. The molecule has 0 saturated carbocycles. The second-order valence-corrected chi connectivity index (χ2v) is 8.10. The molecule has 1 saturated heterocycles. The average Bonchev–Trinajstić information content (AvgIpc) is 2.56. The van der Waals surface area contributed by atoms with Crippen LogP contribution in [0.1, 0.15) is 6.42 Å². The molecule has 2 N–H and O–H groups in total. The standard InChI is InChI=1S/C10H11BrIN3O3S/c11-7-2-8(12)10(14-3-7)15-4-6(1-9(15)16)5-19(13,17)18/h2-3,6H,1,4-5H2,(H2,13,17,18). The molecule has 19 heavy (non-hydrogen) atoms. The fourth-order valence-corrected chi connectivity index (χ4v) is 4.44. The van der Waals surface area contributed by atoms with Crippen molar-refractivity contribution >= 4 is 60.3 Å². The molecule has 1 aliphatic rings. The molecule has 9 heteroatoms. The van der Waals surface area contributed by atoms with E-state index in [1.54, 1.807) is 6.20 Å². The first-order valence-corrected chi connectivity index (χ1v) is 8.97. The van der Waals surface area contributed by atoms with Gasteiger partial charge < -0.3 is 0 Å². The van der Waals surface area contributed by atoms with E-state index < -0.39 is 10.0 Å². The molecule has 0 spiro atoms. The van der Waals surface area contributed by atoms with Gasteiger partial charge in [-0.15, -0.1) is 0 Å². The first kappa shape index (κ1) is 15.1. The van der Waals surface area contributed by atoms with Gasteiger partial charge in [-0.2, -0.15) is 0 Å². The van der Waals surface area contributed by atoms with Crippen LogP contribution in [0.25, 0.3) is 0 Å². The smallest absolute Gasteiger partial charge is 0.228 e. The van der Waals surface area contributed by atoms with E-state index in [2.05, 4.69) is 43.5 Å². The third-order valence-electron chi connectivity index (χ3n) is 2.72. The van der Waals surface area contributed by atoms with E-state index in [4.69, 9.17) is 5.14 Å². The van der Waals surface area contributed by atoms with Gasteiger partial charge in [0.15, 0.2) is 0 Å². The summed E-state index contributed by atoms with van der Waals surface area (Å²) in [4.78, 5) is 17.7. The number of aromatic nitrogens is 1. The third kappa shape index (κ3) is 3.86. The Labute approximate surface area is 133 Å². The van der Waals surface area contributed by atoms with E-state index in [0.717, 1.165) is 8.04 Å². The molecule has 1 fully saturated rings. The van der Waals surface area contributed by atoms with Crippen molar-refractivity contribution in [1.82, 2.24) is 4.98 Å². The Balaban J connectivity index is 2.20. The molecule has 1 amide bonds. The number of nitrogens with zero attached hydrogens (tertiary/aromatic N) is 2. The number of hydrogen-bond acceptors (Lipinski definition) is 4. The quantitative estimate of drug-likeness (QED) is 0.684. The maximum Gasteiger partial charge on any atom is 0.228 e. The largest absolute Gasteiger partial charge is 0.296 e. The molecule has 2 rings (SSSR count). The summed E-state index contributed by atoms with van der Waals surface area (Å²) in [6, 6.07) is 1.85. The molecule has 6 nitrogen and oxygen atoms in total. The van der Waals surface area contributed by atoms with Gasteiger partial charge in [-0.3, -0.25) is 9.69 Å². The summed E-state index contributed by atoms with van der Waals surface area (Å²) < 4.78 is 23.8. The van der Waals surface area contributed by atoms with Crippen molar-refractivity contribution in [3.05, 3.63) is 20.3 Å². The Hall–Kier alpha value is -0.260. The van der Waals surface area contributed by atoms with Gasteiger partial charge >= 0.3 is 0 Å². The third-order valence-corrected chi connectivity index (χ3v) is 4.88. The number of anilines is 1. The summed E-state index contributed by atoms with van der Waals surface area (Å²) in [5.41, 5.74) is 0. The molecule has 0 aromatic carbocycles. The van der Waals surface area contributed by atoms with Gasteiger partial charge in [-0.1, -0.05) is 0 Å². The van der Waals surface area contributed by atoms with Gasteiger partial charge in [0.25, 0.3) is 0 Å². The maximum absolute atomic E-state index is 11.9. The molecular weight excluding hydrogens is 449 g/mol. The van der Waals surface area contributed by atoms with Gasteiger partial charge in [-0.05, 0) is 44.6 Å². The zero-order valence-corrected chi connectivity index (χ0v) is 14.3. The lowest BCUT2D eigenvalue weighted by atomic mass is 10.1. The number of hydrogen-bond donors (Lipinski definition) is 1. The van der Waals surface area contributed by atoms with Crippen molar-refractivity contribution in [3.8, 4) is 0 Å². The van der Waals surface area contributed by atoms with E-state index >= 15 is 0 Å². The van der Waals surface area contributed by atoms with Crippen molar-refractivity contribution in [2.75, 3.05) is 17.2 Å². The van der Waals surface area contributed by atoms with Crippen LogP contribution in [0.4, 0.5) is 5.82 Å². The Morgan fingerprint density at radius 2 is 2.26 bits per heavy atom. The van der Waals surface area contributed by atoms with E-state index in [-0.39, 0.29) is 24.0 Å². The van der Waals surface area contributed by atoms with Crippen LogP contribution >= 0.6 is 38.5 Å². The van der Waals surface area contributed by atoms with Crippen molar-refractivity contribution in [2.24, 2.45) is 11.1 Å². The van der Waals surface area contributed by atoms with Crippen molar-refractivity contribution in [3.63, 3.8) is 0 Å². The highest BCUT2D eigenvalue weighted by atomic mass is 127. The minimum absolute atomic E-state index is 0.124. The highest BCUT2D eigenvalue weighted by Gasteiger charge is 2.34. The summed E-state index contributed by atoms with van der Waals surface area (Å²) in [5, 5.41) is 5.01. The van der Waals surface area contributed by atoms with Crippen LogP contribution in [-0.2, 0) is 14.8 Å². The molecule has 0 bridgehead atoms. The summed E-state index contributed by atoms with van der Waals surface area (Å²) >= 11 is 5.40. The fraction of sp³-hybridized carbons (Fsp3) is 0.400. The van der Waals surface area contributed by atoms with E-state index in [9.17, 15) is 13.2 Å². The van der Waals surface area contributed by atoms with Crippen LogP contribution in [0.2, 0.25) is 0 Å². The van der Waals surface area contributed by atoms with Crippen LogP contribution in [0.3, 0.4) is 0 Å². The molecule has 1 unspecified atom stereocenters. The van der Waals surface area contributed by atoms with Crippen molar-refractivity contribution in [2.45, 2.75) is 6.42 Å². The second-order valence-electron chi connectivity index (χ2n) is 4.36. The number of sulfonamides is 1. The van der Waals surface area contributed by atoms with E-state index in [0.29, 0.717) is 12.4 Å². The lowest BCUT2D eigenvalue weighted by Gasteiger charge is -2.17. The summed E-state index contributed by atoms with van der Waals surface area (Å²) in [7, 11) is -3.56. The maximum atomic E-state index is 11.9. The number of rotatable bonds is 3. The number of pyridine rings is 1. The number of primary sulfonamides is 1. The van der Waals surface area contributed by atoms with Gasteiger partial charge in [0.2, 0.25) is 15.9 Å². The van der Waals surface area contributed by atoms with Gasteiger partial charge in [0.1, 0.15) is 5.82 Å². The van der Waals surface area contributed by atoms with E-state index in [1.165, 1.54) is 4.90 Å². The topological polar surface area (TPSA) is 93.4 Å². The van der Waals surface area contributed by atoms with Crippen molar-refractivity contribution < 1.29 is 13.2 Å². The first-order chi connectivity index (χ1) is 8.76. The zero-order chi connectivity index (χ0) is 14.2. The van der Waals surface area contributed by atoms with Gasteiger partial charge in [0, 0.05) is 29.6 Å². The molecule has 1 aromatic heterocycles. The predicted molar refractivity (Wildman–Crippen MR) is 83.1 cm³/mol. The molecule has 0 aliphatic carbocycles. The van der Waals surface area contributed by atoms with Crippen molar-refractivity contribution in [1.29, 1.82) is 0 Å². The Bertz CT molecular complexity index is 622. The molecular formula is C10H11BrIN3O3S. The van der Waals surface area contributed by atoms with Crippen LogP contribution in [0.15, 0.2) is 16.7 Å². The van der Waals surface area contributed by atoms with Crippen LogP contribution in [0, 0.1) is 9.49 Å². The number of nitrogens with two attached hydrogens (primary N) is 1. The predicted octanol–water partition coefficient (Wildman–Crippen LogP) is 1.09. The zero-order valence-electron chi connectivity index (χ0n) is 9.71. The molecule has 2 heterocycles. The number of amides is 1. The summed E-state index contributed by atoms with van der Waals surface area (Å²) in [6.45, 7) is 0.333. The minimum Gasteiger partial charge on any atom is -0.296 e. The molecule has 1 aliphatic heterocycles. The fourth-order valence-electron chi connectivity index (χ4n) is 2.03. The highest BCUT2D eigenvalue weighted by molar-refractivity contribution is 14.1.